The van der Waals surface area contributed by atoms with E-state index in [2.05, 4.69) is 20.7 Å². The van der Waals surface area contributed by atoms with Crippen molar-refractivity contribution < 1.29 is 17.9 Å². The minimum absolute atomic E-state index is 0.0737. The minimum Gasteiger partial charge on any atom is -0.492 e. The molecule has 24 heavy (non-hydrogen) atoms. The Morgan fingerprint density at radius 3 is 2.79 bits per heavy atom. The fourth-order valence-electron chi connectivity index (χ4n) is 2.66. The van der Waals surface area contributed by atoms with E-state index >= 15 is 0 Å². The molecule has 7 heteroatoms. The molecule has 0 aliphatic carbocycles. The van der Waals surface area contributed by atoms with Gasteiger partial charge in [-0.3, -0.25) is 4.72 Å². The number of halogens is 1. The molecule has 2 aromatic carbocycles. The first-order valence-electron chi connectivity index (χ1n) is 7.64. The van der Waals surface area contributed by atoms with Gasteiger partial charge >= 0.3 is 0 Å². The summed E-state index contributed by atoms with van der Waals surface area (Å²) in [5.74, 6) is 1.19. The second kappa shape index (κ2) is 6.64. The van der Waals surface area contributed by atoms with Crippen molar-refractivity contribution in [2.45, 2.75) is 31.3 Å². The third-order valence-corrected chi connectivity index (χ3v) is 6.05. The topological polar surface area (TPSA) is 64.6 Å². The monoisotopic (exact) mass is 411 g/mol. The molecule has 0 bridgehead atoms. The van der Waals surface area contributed by atoms with Crippen molar-refractivity contribution in [3.63, 3.8) is 0 Å². The van der Waals surface area contributed by atoms with Crippen molar-refractivity contribution in [1.29, 1.82) is 0 Å². The van der Waals surface area contributed by atoms with Gasteiger partial charge in [0, 0.05) is 22.5 Å². The van der Waals surface area contributed by atoms with Crippen molar-refractivity contribution >= 4 is 31.6 Å². The van der Waals surface area contributed by atoms with E-state index < -0.39 is 10.0 Å². The zero-order valence-corrected chi connectivity index (χ0v) is 15.8. The van der Waals surface area contributed by atoms with E-state index in [1.54, 1.807) is 30.3 Å². The molecule has 0 aromatic heterocycles. The number of benzene rings is 2. The molecule has 0 amide bonds. The Morgan fingerprint density at radius 2 is 2.08 bits per heavy atom. The lowest BCUT2D eigenvalue weighted by Gasteiger charge is -2.15. The maximum Gasteiger partial charge on any atom is 0.263 e. The van der Waals surface area contributed by atoms with Crippen LogP contribution in [0, 0.1) is 0 Å². The van der Waals surface area contributed by atoms with E-state index in [-0.39, 0.29) is 11.0 Å². The van der Waals surface area contributed by atoms with Crippen molar-refractivity contribution in [3.05, 3.63) is 46.4 Å². The van der Waals surface area contributed by atoms with Crippen LogP contribution in [0.3, 0.4) is 0 Å². The molecule has 0 spiro atoms. The summed E-state index contributed by atoms with van der Waals surface area (Å²) in [5, 5.41) is 0. The minimum atomic E-state index is -3.75. The second-order valence-corrected chi connectivity index (χ2v) is 8.06. The zero-order valence-electron chi connectivity index (χ0n) is 13.4. The second-order valence-electron chi connectivity index (χ2n) is 5.56. The smallest absolute Gasteiger partial charge is 0.263 e. The SMILES string of the molecule is CCOc1cc2c(cc1NS(=O)(=O)c1ccccc1Br)OC(C)C2. The lowest BCUT2D eigenvalue weighted by Crippen LogP contribution is -2.14. The zero-order chi connectivity index (χ0) is 17.3. The Kier molecular flexibility index (Phi) is 4.73. The maximum absolute atomic E-state index is 12.7. The van der Waals surface area contributed by atoms with Gasteiger partial charge in [-0.15, -0.1) is 0 Å². The highest BCUT2D eigenvalue weighted by atomic mass is 79.9. The molecule has 5 nitrogen and oxygen atoms in total. The Bertz CT molecular complexity index is 867. The molecule has 0 radical (unpaired) electrons. The summed E-state index contributed by atoms with van der Waals surface area (Å²) >= 11 is 3.28. The van der Waals surface area contributed by atoms with Gasteiger partial charge in [0.1, 0.15) is 22.5 Å². The fraction of sp³-hybridized carbons (Fsp3) is 0.294. The van der Waals surface area contributed by atoms with Crippen LogP contribution in [0.2, 0.25) is 0 Å². The van der Waals surface area contributed by atoms with Crippen LogP contribution in [0.25, 0.3) is 0 Å². The Labute approximate surface area is 150 Å². The third-order valence-electron chi connectivity index (χ3n) is 3.67. The van der Waals surface area contributed by atoms with Crippen LogP contribution in [-0.2, 0) is 16.4 Å². The molecule has 1 atom stereocenters. The largest absolute Gasteiger partial charge is 0.492 e. The van der Waals surface area contributed by atoms with E-state index in [0.29, 0.717) is 28.3 Å². The Morgan fingerprint density at radius 1 is 1.33 bits per heavy atom. The van der Waals surface area contributed by atoms with Crippen LogP contribution >= 0.6 is 15.9 Å². The molecule has 0 saturated heterocycles. The number of rotatable bonds is 5. The number of anilines is 1. The van der Waals surface area contributed by atoms with Crippen molar-refractivity contribution in [3.8, 4) is 11.5 Å². The maximum atomic E-state index is 12.7. The summed E-state index contributed by atoms with van der Waals surface area (Å²) in [7, 11) is -3.75. The fourth-order valence-corrected chi connectivity index (χ4v) is 4.72. The molecule has 0 fully saturated rings. The van der Waals surface area contributed by atoms with Crippen LogP contribution < -0.4 is 14.2 Å². The third kappa shape index (κ3) is 3.37. The average molecular weight is 412 g/mol. The Hall–Kier alpha value is -1.73. The number of ether oxygens (including phenoxy) is 2. The molecular weight excluding hydrogens is 394 g/mol. The lowest BCUT2D eigenvalue weighted by atomic mass is 10.1. The number of nitrogens with one attached hydrogen (secondary N) is 1. The van der Waals surface area contributed by atoms with Gasteiger partial charge in [-0.05, 0) is 48.0 Å². The molecule has 1 aliphatic heterocycles. The summed E-state index contributed by atoms with van der Waals surface area (Å²) in [6, 6.07) is 10.2. The summed E-state index contributed by atoms with van der Waals surface area (Å²) in [6.07, 6.45) is 0.858. The molecule has 3 rings (SSSR count). The summed E-state index contributed by atoms with van der Waals surface area (Å²) in [6.45, 7) is 4.28. The van der Waals surface area contributed by atoms with Gasteiger partial charge in [0.2, 0.25) is 0 Å². The van der Waals surface area contributed by atoms with Crippen LogP contribution in [0.1, 0.15) is 19.4 Å². The summed E-state index contributed by atoms with van der Waals surface area (Å²) in [4.78, 5) is 0.169. The van der Waals surface area contributed by atoms with E-state index in [1.807, 2.05) is 19.9 Å². The van der Waals surface area contributed by atoms with Gasteiger partial charge in [0.25, 0.3) is 10.0 Å². The molecule has 1 N–H and O–H groups in total. The van der Waals surface area contributed by atoms with Crippen LogP contribution in [0.4, 0.5) is 5.69 Å². The molecule has 1 heterocycles. The highest BCUT2D eigenvalue weighted by molar-refractivity contribution is 9.10. The van der Waals surface area contributed by atoms with Crippen molar-refractivity contribution in [2.24, 2.45) is 0 Å². The van der Waals surface area contributed by atoms with Gasteiger partial charge in [-0.2, -0.15) is 0 Å². The quantitative estimate of drug-likeness (QED) is 0.807. The van der Waals surface area contributed by atoms with Gasteiger partial charge in [-0.25, -0.2) is 8.42 Å². The molecular formula is C17H18BrNO4S. The standard InChI is InChI=1S/C17H18BrNO4S/c1-3-22-16-9-12-8-11(2)23-15(12)10-14(16)19-24(20,21)17-7-5-4-6-13(17)18/h4-7,9-11,19H,3,8H2,1-2H3. The first-order chi connectivity index (χ1) is 11.4. The summed E-state index contributed by atoms with van der Waals surface area (Å²) < 4.78 is 39.9. The predicted molar refractivity (Wildman–Crippen MR) is 96.4 cm³/mol. The lowest BCUT2D eigenvalue weighted by molar-refractivity contribution is 0.254. The molecule has 1 aliphatic rings. The highest BCUT2D eigenvalue weighted by Crippen LogP contribution is 2.39. The number of sulfonamides is 1. The molecule has 128 valence electrons. The number of fused-ring (bicyclic) bond motifs is 1. The van der Waals surface area contributed by atoms with E-state index in [1.165, 1.54) is 0 Å². The normalized spacial score (nSPS) is 16.4. The van der Waals surface area contributed by atoms with Crippen LogP contribution in [-0.4, -0.2) is 21.1 Å². The first kappa shape index (κ1) is 17.1. The van der Waals surface area contributed by atoms with Gasteiger partial charge < -0.3 is 9.47 Å². The predicted octanol–water partition coefficient (Wildman–Crippen LogP) is 3.97. The summed E-state index contributed by atoms with van der Waals surface area (Å²) in [5.41, 5.74) is 1.40. The number of hydrogen-bond acceptors (Lipinski definition) is 4. The van der Waals surface area contributed by atoms with E-state index in [4.69, 9.17) is 9.47 Å². The molecule has 0 saturated carbocycles. The highest BCUT2D eigenvalue weighted by Gasteiger charge is 2.25. The van der Waals surface area contributed by atoms with Crippen LogP contribution in [0.15, 0.2) is 45.8 Å². The number of hydrogen-bond donors (Lipinski definition) is 1. The first-order valence-corrected chi connectivity index (χ1v) is 9.92. The van der Waals surface area contributed by atoms with Gasteiger partial charge in [0.15, 0.2) is 0 Å². The molecule has 2 aromatic rings. The van der Waals surface area contributed by atoms with Gasteiger partial charge in [-0.1, -0.05) is 12.1 Å². The van der Waals surface area contributed by atoms with Crippen LogP contribution in [0.5, 0.6) is 11.5 Å². The van der Waals surface area contributed by atoms with Crippen molar-refractivity contribution in [1.82, 2.24) is 0 Å². The van der Waals surface area contributed by atoms with Crippen molar-refractivity contribution in [2.75, 3.05) is 11.3 Å². The van der Waals surface area contributed by atoms with E-state index in [0.717, 1.165) is 12.0 Å². The van der Waals surface area contributed by atoms with E-state index in [9.17, 15) is 8.42 Å². The van der Waals surface area contributed by atoms with Gasteiger partial charge in [0.05, 0.1) is 12.3 Å². The average Bonchev–Trinajstić information content (AvgIpc) is 2.86. The Balaban J connectivity index is 2.00. The molecule has 1 unspecified atom stereocenters.